The summed E-state index contributed by atoms with van der Waals surface area (Å²) >= 11 is 0. The molecule has 0 atom stereocenters. The molecule has 17 heavy (non-hydrogen) atoms. The maximum atomic E-state index is 11.8. The van der Waals surface area contributed by atoms with Gasteiger partial charge in [-0.05, 0) is 6.92 Å². The van der Waals surface area contributed by atoms with E-state index >= 15 is 0 Å². The molecule has 4 nitrogen and oxygen atoms in total. The maximum Gasteiger partial charge on any atom is 0.354 e. The largest absolute Gasteiger partial charge is 0.461 e. The van der Waals surface area contributed by atoms with Gasteiger partial charge < -0.3 is 10.1 Å². The Balaban J connectivity index is 2.86. The minimum atomic E-state index is -0.528. The number of ether oxygens (including phenoxy) is 1. The number of esters is 1. The molecular formula is C13H15NO3. The van der Waals surface area contributed by atoms with Gasteiger partial charge >= 0.3 is 5.97 Å². The second-order valence-corrected chi connectivity index (χ2v) is 3.26. The van der Waals surface area contributed by atoms with Gasteiger partial charge in [-0.2, -0.15) is 0 Å². The molecule has 0 saturated carbocycles. The van der Waals surface area contributed by atoms with Gasteiger partial charge in [-0.1, -0.05) is 30.3 Å². The predicted octanol–water partition coefficient (Wildman–Crippen LogP) is 1.54. The Morgan fingerprint density at radius 3 is 2.47 bits per heavy atom. The predicted molar refractivity (Wildman–Crippen MR) is 64.5 cm³/mol. The molecule has 4 heteroatoms. The van der Waals surface area contributed by atoms with Crippen LogP contribution in [-0.2, 0) is 9.53 Å². The number of nitrogens with one attached hydrogen (secondary N) is 1. The summed E-state index contributed by atoms with van der Waals surface area (Å²) in [5.41, 5.74) is 0.685. The van der Waals surface area contributed by atoms with E-state index in [-0.39, 0.29) is 18.1 Å². The van der Waals surface area contributed by atoms with E-state index in [1.54, 1.807) is 38.2 Å². The van der Waals surface area contributed by atoms with Crippen LogP contribution >= 0.6 is 0 Å². The molecule has 0 saturated heterocycles. The highest BCUT2D eigenvalue weighted by Crippen LogP contribution is 2.03. The lowest BCUT2D eigenvalue weighted by molar-refractivity contribution is -0.138. The normalized spacial score (nSPS) is 10.8. The third-order valence-corrected chi connectivity index (χ3v) is 2.10. The molecule has 0 amide bonds. The monoisotopic (exact) mass is 233 g/mol. The standard InChI is InChI=1S/C13H15NO3/c1-3-17-13(16)11(14-2)9-12(15)10-7-5-4-6-8-10/h4-9,14H,3H2,1-2H3/b11-9-. The van der Waals surface area contributed by atoms with Gasteiger partial charge in [0, 0.05) is 18.7 Å². The highest BCUT2D eigenvalue weighted by atomic mass is 16.5. The zero-order valence-electron chi connectivity index (χ0n) is 9.90. The van der Waals surface area contributed by atoms with E-state index in [0.29, 0.717) is 5.56 Å². The summed E-state index contributed by atoms with van der Waals surface area (Å²) in [6, 6.07) is 8.74. The molecule has 0 unspecified atom stereocenters. The van der Waals surface area contributed by atoms with E-state index in [1.165, 1.54) is 6.08 Å². The molecule has 0 aromatic heterocycles. The van der Waals surface area contributed by atoms with E-state index in [1.807, 2.05) is 6.07 Å². The van der Waals surface area contributed by atoms with Gasteiger partial charge in [0.25, 0.3) is 0 Å². The van der Waals surface area contributed by atoms with Crippen LogP contribution in [0, 0.1) is 0 Å². The lowest BCUT2D eigenvalue weighted by Crippen LogP contribution is -2.20. The van der Waals surface area contributed by atoms with E-state index in [9.17, 15) is 9.59 Å². The highest BCUT2D eigenvalue weighted by molar-refractivity contribution is 6.08. The van der Waals surface area contributed by atoms with Crippen LogP contribution in [-0.4, -0.2) is 25.4 Å². The van der Waals surface area contributed by atoms with Crippen molar-refractivity contribution in [2.24, 2.45) is 0 Å². The van der Waals surface area contributed by atoms with E-state index in [0.717, 1.165) is 0 Å². The number of allylic oxidation sites excluding steroid dienone is 1. The molecular weight excluding hydrogens is 218 g/mol. The molecule has 1 rings (SSSR count). The van der Waals surface area contributed by atoms with Crippen LogP contribution in [0.1, 0.15) is 17.3 Å². The second-order valence-electron chi connectivity index (χ2n) is 3.26. The van der Waals surface area contributed by atoms with Crippen LogP contribution in [0.3, 0.4) is 0 Å². The van der Waals surface area contributed by atoms with Crippen molar-refractivity contribution in [1.82, 2.24) is 5.32 Å². The zero-order valence-corrected chi connectivity index (χ0v) is 9.90. The molecule has 0 aliphatic carbocycles. The molecule has 1 N–H and O–H groups in total. The summed E-state index contributed by atoms with van der Waals surface area (Å²) in [5.74, 6) is -0.762. The molecule has 0 aliphatic heterocycles. The number of benzene rings is 1. The summed E-state index contributed by atoms with van der Waals surface area (Å²) in [7, 11) is 1.57. The number of rotatable bonds is 5. The summed E-state index contributed by atoms with van der Waals surface area (Å²) in [5, 5.41) is 2.65. The van der Waals surface area contributed by atoms with Gasteiger partial charge in [-0.25, -0.2) is 4.79 Å². The van der Waals surface area contributed by atoms with Gasteiger partial charge in [-0.3, -0.25) is 4.79 Å². The van der Waals surface area contributed by atoms with Gasteiger partial charge in [0.2, 0.25) is 0 Å². The fraction of sp³-hybridized carbons (Fsp3) is 0.231. The molecule has 0 fully saturated rings. The van der Waals surface area contributed by atoms with Crippen molar-refractivity contribution in [2.75, 3.05) is 13.7 Å². The lowest BCUT2D eigenvalue weighted by atomic mass is 10.1. The fourth-order valence-corrected chi connectivity index (χ4v) is 1.26. The number of carbonyl (C=O) groups excluding carboxylic acids is 2. The van der Waals surface area contributed by atoms with Crippen LogP contribution in [0.2, 0.25) is 0 Å². The SMILES string of the molecule is CCOC(=O)/C(=C/C(=O)c1ccccc1)NC. The van der Waals surface area contributed by atoms with Crippen LogP contribution in [0.5, 0.6) is 0 Å². The average Bonchev–Trinajstić information content (AvgIpc) is 2.37. The Labute approximate surface area is 100 Å². The number of likely N-dealkylation sites (N-methyl/N-ethyl adjacent to an activating group) is 1. The van der Waals surface area contributed by atoms with Crippen molar-refractivity contribution in [3.8, 4) is 0 Å². The van der Waals surface area contributed by atoms with Crippen molar-refractivity contribution < 1.29 is 14.3 Å². The summed E-state index contributed by atoms with van der Waals surface area (Å²) in [4.78, 5) is 23.2. The van der Waals surface area contributed by atoms with Crippen LogP contribution in [0.4, 0.5) is 0 Å². The van der Waals surface area contributed by atoms with Gasteiger partial charge in [0.1, 0.15) is 5.70 Å². The van der Waals surface area contributed by atoms with Crippen molar-refractivity contribution in [2.45, 2.75) is 6.92 Å². The highest BCUT2D eigenvalue weighted by Gasteiger charge is 2.11. The Hall–Kier alpha value is -2.10. The van der Waals surface area contributed by atoms with Crippen LogP contribution in [0.25, 0.3) is 0 Å². The first-order valence-corrected chi connectivity index (χ1v) is 5.35. The quantitative estimate of drug-likeness (QED) is 0.476. The molecule has 0 aliphatic rings. The minimum Gasteiger partial charge on any atom is -0.461 e. The molecule has 90 valence electrons. The van der Waals surface area contributed by atoms with E-state index < -0.39 is 5.97 Å². The number of hydrogen-bond acceptors (Lipinski definition) is 4. The Kier molecular flexibility index (Phi) is 4.94. The summed E-state index contributed by atoms with van der Waals surface area (Å²) in [6.07, 6.45) is 1.24. The molecule has 0 radical (unpaired) electrons. The fourth-order valence-electron chi connectivity index (χ4n) is 1.26. The average molecular weight is 233 g/mol. The number of hydrogen-bond donors (Lipinski definition) is 1. The summed E-state index contributed by atoms with van der Waals surface area (Å²) < 4.78 is 4.81. The first kappa shape index (κ1) is 13.0. The second kappa shape index (κ2) is 6.48. The Morgan fingerprint density at radius 1 is 1.29 bits per heavy atom. The molecule has 0 bridgehead atoms. The maximum absolute atomic E-state index is 11.8. The van der Waals surface area contributed by atoms with Gasteiger partial charge in [0.15, 0.2) is 5.78 Å². The van der Waals surface area contributed by atoms with E-state index in [2.05, 4.69) is 5.32 Å². The molecule has 0 heterocycles. The first-order valence-electron chi connectivity index (χ1n) is 5.35. The van der Waals surface area contributed by atoms with Gasteiger partial charge in [-0.15, -0.1) is 0 Å². The minimum absolute atomic E-state index is 0.153. The van der Waals surface area contributed by atoms with Crippen molar-refractivity contribution in [3.63, 3.8) is 0 Å². The molecule has 1 aromatic rings. The Bertz CT molecular complexity index is 424. The van der Waals surface area contributed by atoms with Gasteiger partial charge in [0.05, 0.1) is 6.61 Å². The topological polar surface area (TPSA) is 55.4 Å². The van der Waals surface area contributed by atoms with Crippen molar-refractivity contribution in [1.29, 1.82) is 0 Å². The zero-order chi connectivity index (χ0) is 12.7. The number of carbonyl (C=O) groups is 2. The number of ketones is 1. The van der Waals surface area contributed by atoms with Crippen LogP contribution in [0.15, 0.2) is 42.1 Å². The Morgan fingerprint density at radius 2 is 1.94 bits per heavy atom. The third kappa shape index (κ3) is 3.75. The van der Waals surface area contributed by atoms with Crippen molar-refractivity contribution in [3.05, 3.63) is 47.7 Å². The third-order valence-electron chi connectivity index (χ3n) is 2.10. The lowest BCUT2D eigenvalue weighted by Gasteiger charge is -2.05. The van der Waals surface area contributed by atoms with E-state index in [4.69, 9.17) is 4.74 Å². The summed E-state index contributed by atoms with van der Waals surface area (Å²) in [6.45, 7) is 1.99. The molecule has 1 aromatic carbocycles. The first-order chi connectivity index (χ1) is 8.19. The smallest absolute Gasteiger partial charge is 0.354 e. The van der Waals surface area contributed by atoms with Crippen LogP contribution < -0.4 is 5.32 Å². The van der Waals surface area contributed by atoms with Crippen molar-refractivity contribution >= 4 is 11.8 Å². The molecule has 0 spiro atoms.